The Labute approximate surface area is 67.5 Å². The van der Waals surface area contributed by atoms with E-state index in [1.54, 1.807) is 6.08 Å². The molecule has 0 bridgehead atoms. The normalized spacial score (nSPS) is 20.3. The number of nitrogens with zero attached hydrogens (tertiary/aromatic N) is 1. The van der Waals surface area contributed by atoms with Crippen molar-refractivity contribution in [2.75, 3.05) is 13.2 Å². The molecule has 0 aromatic heterocycles. The summed E-state index contributed by atoms with van der Waals surface area (Å²) in [5.74, 6) is 0.744. The highest BCUT2D eigenvalue weighted by atomic mass is 16.5. The van der Waals surface area contributed by atoms with Gasteiger partial charge in [-0.3, -0.25) is 0 Å². The zero-order valence-electron chi connectivity index (χ0n) is 6.62. The molecule has 2 nitrogen and oxygen atoms in total. The molecule has 0 amide bonds. The third-order valence-electron chi connectivity index (χ3n) is 2.00. The second kappa shape index (κ2) is 4.92. The lowest BCUT2D eigenvalue weighted by atomic mass is 9.96. The van der Waals surface area contributed by atoms with Crippen molar-refractivity contribution < 1.29 is 4.74 Å². The first-order valence-corrected chi connectivity index (χ1v) is 4.06. The van der Waals surface area contributed by atoms with Gasteiger partial charge in [-0.15, -0.1) is 0 Å². The van der Waals surface area contributed by atoms with Crippen LogP contribution < -0.4 is 0 Å². The van der Waals surface area contributed by atoms with Gasteiger partial charge in [0.15, 0.2) is 0 Å². The van der Waals surface area contributed by atoms with Crippen LogP contribution in [0.2, 0.25) is 0 Å². The standard InChI is InChI=1S/C9H13NO/c10-6-2-1-3-9-4-7-11-8-5-9/h1-2,9H,3-5,7-8H2/b2-1+. The molecule has 11 heavy (non-hydrogen) atoms. The van der Waals surface area contributed by atoms with Crippen LogP contribution in [0.3, 0.4) is 0 Å². The average molecular weight is 151 g/mol. The predicted molar refractivity (Wildman–Crippen MR) is 42.9 cm³/mol. The number of hydrogen-bond acceptors (Lipinski definition) is 2. The molecule has 1 saturated heterocycles. The molecule has 0 N–H and O–H groups in total. The molecule has 60 valence electrons. The van der Waals surface area contributed by atoms with E-state index in [-0.39, 0.29) is 0 Å². The summed E-state index contributed by atoms with van der Waals surface area (Å²) in [6.07, 6.45) is 6.86. The van der Waals surface area contributed by atoms with Crippen LogP contribution in [-0.4, -0.2) is 13.2 Å². The Morgan fingerprint density at radius 2 is 2.18 bits per heavy atom. The van der Waals surface area contributed by atoms with E-state index >= 15 is 0 Å². The van der Waals surface area contributed by atoms with Crippen LogP contribution in [0, 0.1) is 17.2 Å². The summed E-state index contributed by atoms with van der Waals surface area (Å²) in [6, 6.07) is 2.00. The Hall–Kier alpha value is -0.810. The highest BCUT2D eigenvalue weighted by Gasteiger charge is 2.11. The first-order valence-electron chi connectivity index (χ1n) is 4.06. The summed E-state index contributed by atoms with van der Waals surface area (Å²) in [6.45, 7) is 1.79. The average Bonchev–Trinajstić information content (AvgIpc) is 2.07. The highest BCUT2D eigenvalue weighted by Crippen LogP contribution is 2.18. The monoisotopic (exact) mass is 151 g/mol. The number of allylic oxidation sites excluding steroid dienone is 2. The second-order valence-corrected chi connectivity index (χ2v) is 2.82. The van der Waals surface area contributed by atoms with Crippen molar-refractivity contribution in [2.45, 2.75) is 19.3 Å². The number of nitriles is 1. The Morgan fingerprint density at radius 1 is 1.45 bits per heavy atom. The van der Waals surface area contributed by atoms with E-state index in [4.69, 9.17) is 10.00 Å². The Morgan fingerprint density at radius 3 is 2.82 bits per heavy atom. The van der Waals surface area contributed by atoms with E-state index in [1.807, 2.05) is 12.1 Å². The largest absolute Gasteiger partial charge is 0.381 e. The SMILES string of the molecule is N#C/C=C/CC1CCOCC1. The molecular formula is C9H13NO. The van der Waals surface area contributed by atoms with E-state index in [0.29, 0.717) is 0 Å². The van der Waals surface area contributed by atoms with Gasteiger partial charge < -0.3 is 4.74 Å². The first kappa shape index (κ1) is 8.29. The molecular weight excluding hydrogens is 138 g/mol. The molecule has 0 atom stereocenters. The zero-order valence-corrected chi connectivity index (χ0v) is 6.62. The molecule has 0 saturated carbocycles. The van der Waals surface area contributed by atoms with Crippen molar-refractivity contribution in [1.29, 1.82) is 5.26 Å². The lowest BCUT2D eigenvalue weighted by Gasteiger charge is -2.20. The molecule has 1 heterocycles. The van der Waals surface area contributed by atoms with Gasteiger partial charge in [-0.25, -0.2) is 0 Å². The summed E-state index contributed by atoms with van der Waals surface area (Å²) >= 11 is 0. The van der Waals surface area contributed by atoms with Gasteiger partial charge in [0.05, 0.1) is 6.07 Å². The van der Waals surface area contributed by atoms with Crippen LogP contribution in [0.4, 0.5) is 0 Å². The fourth-order valence-corrected chi connectivity index (χ4v) is 1.30. The second-order valence-electron chi connectivity index (χ2n) is 2.82. The highest BCUT2D eigenvalue weighted by molar-refractivity contribution is 5.01. The lowest BCUT2D eigenvalue weighted by molar-refractivity contribution is 0.0673. The quantitative estimate of drug-likeness (QED) is 0.564. The van der Waals surface area contributed by atoms with Gasteiger partial charge in [-0.2, -0.15) is 5.26 Å². The predicted octanol–water partition coefficient (Wildman–Crippen LogP) is 1.88. The third-order valence-corrected chi connectivity index (χ3v) is 2.00. The van der Waals surface area contributed by atoms with Crippen LogP contribution in [0.5, 0.6) is 0 Å². The number of ether oxygens (including phenoxy) is 1. The maximum atomic E-state index is 8.23. The van der Waals surface area contributed by atoms with E-state index in [2.05, 4.69) is 0 Å². The van der Waals surface area contributed by atoms with Gasteiger partial charge in [0.2, 0.25) is 0 Å². The minimum absolute atomic E-state index is 0.744. The van der Waals surface area contributed by atoms with E-state index in [1.165, 1.54) is 0 Å². The van der Waals surface area contributed by atoms with Crippen molar-refractivity contribution >= 4 is 0 Å². The molecule has 2 heteroatoms. The van der Waals surface area contributed by atoms with Gasteiger partial charge in [0.1, 0.15) is 0 Å². The minimum atomic E-state index is 0.744. The molecule has 1 fully saturated rings. The molecule has 0 aromatic rings. The van der Waals surface area contributed by atoms with Crippen molar-refractivity contribution in [3.8, 4) is 6.07 Å². The summed E-state index contributed by atoms with van der Waals surface area (Å²) in [5, 5.41) is 8.23. The van der Waals surface area contributed by atoms with E-state index < -0.39 is 0 Å². The maximum absolute atomic E-state index is 8.23. The first-order chi connectivity index (χ1) is 5.43. The van der Waals surface area contributed by atoms with Crippen molar-refractivity contribution in [1.82, 2.24) is 0 Å². The lowest BCUT2D eigenvalue weighted by Crippen LogP contribution is -2.14. The minimum Gasteiger partial charge on any atom is -0.381 e. The van der Waals surface area contributed by atoms with Crippen LogP contribution in [0.1, 0.15) is 19.3 Å². The summed E-state index contributed by atoms with van der Waals surface area (Å²) in [5.41, 5.74) is 0. The van der Waals surface area contributed by atoms with Gasteiger partial charge >= 0.3 is 0 Å². The van der Waals surface area contributed by atoms with Crippen molar-refractivity contribution in [3.63, 3.8) is 0 Å². The zero-order chi connectivity index (χ0) is 7.94. The molecule has 0 unspecified atom stereocenters. The van der Waals surface area contributed by atoms with Crippen LogP contribution in [-0.2, 0) is 4.74 Å². The Balaban J connectivity index is 2.15. The van der Waals surface area contributed by atoms with Crippen LogP contribution in [0.25, 0.3) is 0 Å². The summed E-state index contributed by atoms with van der Waals surface area (Å²) in [4.78, 5) is 0. The molecule has 1 rings (SSSR count). The Bertz CT molecular complexity index is 163. The molecule has 1 aliphatic rings. The molecule has 0 aliphatic carbocycles. The van der Waals surface area contributed by atoms with Crippen molar-refractivity contribution in [3.05, 3.63) is 12.2 Å². The van der Waals surface area contributed by atoms with Gasteiger partial charge in [-0.05, 0) is 25.2 Å². The smallest absolute Gasteiger partial charge is 0.0908 e. The van der Waals surface area contributed by atoms with E-state index in [0.717, 1.165) is 38.4 Å². The van der Waals surface area contributed by atoms with Crippen molar-refractivity contribution in [2.24, 2.45) is 5.92 Å². The molecule has 1 aliphatic heterocycles. The molecule has 0 spiro atoms. The molecule has 0 aromatic carbocycles. The maximum Gasteiger partial charge on any atom is 0.0908 e. The Kier molecular flexibility index (Phi) is 3.71. The summed E-state index contributed by atoms with van der Waals surface area (Å²) in [7, 11) is 0. The fraction of sp³-hybridized carbons (Fsp3) is 0.667. The van der Waals surface area contributed by atoms with Gasteiger partial charge in [0, 0.05) is 19.3 Å². The third kappa shape index (κ3) is 3.20. The molecule has 0 radical (unpaired) electrons. The van der Waals surface area contributed by atoms with Gasteiger partial charge in [0.25, 0.3) is 0 Å². The van der Waals surface area contributed by atoms with Gasteiger partial charge in [-0.1, -0.05) is 6.08 Å². The number of hydrogen-bond donors (Lipinski definition) is 0. The number of rotatable bonds is 2. The topological polar surface area (TPSA) is 33.0 Å². The fourth-order valence-electron chi connectivity index (χ4n) is 1.30. The summed E-state index contributed by atoms with van der Waals surface area (Å²) < 4.78 is 5.22. The van der Waals surface area contributed by atoms with E-state index in [9.17, 15) is 0 Å². The van der Waals surface area contributed by atoms with Crippen LogP contribution >= 0.6 is 0 Å². The van der Waals surface area contributed by atoms with Crippen LogP contribution in [0.15, 0.2) is 12.2 Å².